The number of halogens is 1. The molecule has 0 amide bonds. The first-order valence-corrected chi connectivity index (χ1v) is 12.9. The second-order valence-electron chi connectivity index (χ2n) is 9.36. The molecule has 0 radical (unpaired) electrons. The van der Waals surface area contributed by atoms with Crippen molar-refractivity contribution in [1.82, 2.24) is 15.0 Å². The Kier molecular flexibility index (Phi) is 6.14. The molecular weight excluding hydrogens is 490 g/mol. The van der Waals surface area contributed by atoms with Crippen molar-refractivity contribution in [1.29, 1.82) is 0 Å². The number of hydrogen-bond donors (Lipinski definition) is 1. The minimum atomic E-state index is 0.718. The molecule has 186 valence electrons. The summed E-state index contributed by atoms with van der Waals surface area (Å²) in [7, 11) is 0. The summed E-state index contributed by atoms with van der Waals surface area (Å²) in [5.41, 5.74) is 8.90. The van der Waals surface area contributed by atoms with E-state index in [1.165, 1.54) is 5.56 Å². The van der Waals surface area contributed by atoms with Gasteiger partial charge in [0.2, 0.25) is 0 Å². The molecule has 1 N–H and O–H groups in total. The highest BCUT2D eigenvalue weighted by molar-refractivity contribution is 6.33. The topological polar surface area (TPSA) is 53.9 Å². The zero-order valence-electron chi connectivity index (χ0n) is 21.1. The Bertz CT molecular complexity index is 1720. The van der Waals surface area contributed by atoms with E-state index in [2.05, 4.69) is 69.8 Å². The van der Waals surface area contributed by atoms with E-state index in [0.717, 1.165) is 79.6 Å². The zero-order chi connectivity index (χ0) is 26.2. The third-order valence-corrected chi connectivity index (χ3v) is 7.35. The number of benzene rings is 3. The van der Waals surface area contributed by atoms with Gasteiger partial charge in [0.1, 0.15) is 5.82 Å². The van der Waals surface area contributed by atoms with Gasteiger partial charge in [-0.05, 0) is 43.0 Å². The molecule has 1 aliphatic rings. The third kappa shape index (κ3) is 4.21. The summed E-state index contributed by atoms with van der Waals surface area (Å²) in [4.78, 5) is 15.4. The lowest BCUT2D eigenvalue weighted by Crippen LogP contribution is -2.29. The fourth-order valence-electron chi connectivity index (χ4n) is 5.15. The molecule has 0 fully saturated rings. The third-order valence-electron chi connectivity index (χ3n) is 7.04. The Hall–Kier alpha value is -4.48. The van der Waals surface area contributed by atoms with Gasteiger partial charge in [-0.1, -0.05) is 73.3 Å². The van der Waals surface area contributed by atoms with Crippen LogP contribution in [0.15, 0.2) is 104 Å². The molecule has 0 atom stereocenters. The highest BCUT2D eigenvalue weighted by Gasteiger charge is 2.26. The predicted molar refractivity (Wildman–Crippen MR) is 157 cm³/mol. The van der Waals surface area contributed by atoms with Gasteiger partial charge in [-0.25, -0.2) is 0 Å². The van der Waals surface area contributed by atoms with Gasteiger partial charge < -0.3 is 5.32 Å². The molecule has 0 unspecified atom stereocenters. The number of nitrogens with one attached hydrogen (secondary N) is 1. The van der Waals surface area contributed by atoms with Gasteiger partial charge in [-0.15, -0.1) is 0 Å². The van der Waals surface area contributed by atoms with Crippen molar-refractivity contribution in [2.24, 2.45) is 0 Å². The molecule has 1 aliphatic heterocycles. The molecule has 0 saturated heterocycles. The Labute approximate surface area is 227 Å². The van der Waals surface area contributed by atoms with Gasteiger partial charge >= 0.3 is 0 Å². The average Bonchev–Trinajstić information content (AvgIpc) is 2.92. The predicted octanol–water partition coefficient (Wildman–Crippen LogP) is 7.81. The molecule has 6 rings (SSSR count). The number of aromatic nitrogens is 3. The molecule has 5 nitrogen and oxygen atoms in total. The molecule has 0 spiro atoms. The maximum absolute atomic E-state index is 6.78. The minimum absolute atomic E-state index is 0.718. The summed E-state index contributed by atoms with van der Waals surface area (Å²) in [6.45, 7) is 10.8. The second kappa shape index (κ2) is 9.77. The van der Waals surface area contributed by atoms with Crippen LogP contribution in [0.3, 0.4) is 0 Å². The summed E-state index contributed by atoms with van der Waals surface area (Å²) in [5.74, 6) is 0.718. The van der Waals surface area contributed by atoms with Gasteiger partial charge in [0.15, 0.2) is 0 Å². The normalized spacial score (nSPS) is 12.9. The standard InChI is InChI=1S/C32H26ClN5/c1-20-29(36-16-15-35-20)14-12-23-8-6-10-28(33)32(23)24-11-13-26-21(2)38(22(3)37-30(26)17-24)31-19-34-18-25-7-4-5-9-27(25)31/h4-11,13,15-19,37H,2-3,12,14H2,1H3. The fraction of sp³-hybridized carbons (Fsp3) is 0.0938. The highest BCUT2D eigenvalue weighted by Crippen LogP contribution is 2.42. The van der Waals surface area contributed by atoms with E-state index < -0.39 is 0 Å². The monoisotopic (exact) mass is 515 g/mol. The van der Waals surface area contributed by atoms with Crippen LogP contribution in [0, 0.1) is 6.92 Å². The van der Waals surface area contributed by atoms with Gasteiger partial charge in [0.05, 0.1) is 23.3 Å². The molecule has 3 heterocycles. The molecule has 38 heavy (non-hydrogen) atoms. The summed E-state index contributed by atoms with van der Waals surface area (Å²) in [5, 5.41) is 6.37. The van der Waals surface area contributed by atoms with E-state index in [9.17, 15) is 0 Å². The van der Waals surface area contributed by atoms with E-state index in [-0.39, 0.29) is 0 Å². The van der Waals surface area contributed by atoms with Gasteiger partial charge in [-0.2, -0.15) is 0 Å². The fourth-order valence-corrected chi connectivity index (χ4v) is 5.46. The SMILES string of the molecule is C=C1Nc2cc(-c3c(Cl)cccc3CCc3nccnc3C)ccc2C(=C)N1c1cncc2ccccc12. The van der Waals surface area contributed by atoms with Crippen LogP contribution in [0.1, 0.15) is 22.5 Å². The molecule has 6 heteroatoms. The Morgan fingerprint density at radius 3 is 2.63 bits per heavy atom. The van der Waals surface area contributed by atoms with Crippen molar-refractivity contribution in [2.75, 3.05) is 10.2 Å². The van der Waals surface area contributed by atoms with Crippen LogP contribution < -0.4 is 10.2 Å². The summed E-state index contributed by atoms with van der Waals surface area (Å²) >= 11 is 6.78. The van der Waals surface area contributed by atoms with E-state index >= 15 is 0 Å². The van der Waals surface area contributed by atoms with Crippen LogP contribution in [0.2, 0.25) is 5.02 Å². The van der Waals surface area contributed by atoms with Gasteiger partial charge in [0, 0.05) is 56.9 Å². The highest BCUT2D eigenvalue weighted by atomic mass is 35.5. The van der Waals surface area contributed by atoms with Crippen molar-refractivity contribution in [3.63, 3.8) is 0 Å². The number of pyridine rings is 1. The quantitative estimate of drug-likeness (QED) is 0.258. The van der Waals surface area contributed by atoms with E-state index in [1.807, 2.05) is 48.5 Å². The maximum atomic E-state index is 6.78. The average molecular weight is 516 g/mol. The summed E-state index contributed by atoms with van der Waals surface area (Å²) < 4.78 is 0. The molecular formula is C32H26ClN5. The molecule has 2 aromatic heterocycles. The largest absolute Gasteiger partial charge is 0.341 e. The first-order valence-electron chi connectivity index (χ1n) is 12.5. The lowest BCUT2D eigenvalue weighted by atomic mass is 9.93. The van der Waals surface area contributed by atoms with Crippen molar-refractivity contribution >= 4 is 39.4 Å². The van der Waals surface area contributed by atoms with E-state index in [0.29, 0.717) is 0 Å². The van der Waals surface area contributed by atoms with Crippen molar-refractivity contribution < 1.29 is 0 Å². The molecule has 0 aliphatic carbocycles. The Morgan fingerprint density at radius 1 is 0.921 bits per heavy atom. The number of anilines is 2. The van der Waals surface area contributed by atoms with E-state index in [4.69, 9.17) is 11.6 Å². The zero-order valence-corrected chi connectivity index (χ0v) is 21.8. The van der Waals surface area contributed by atoms with Crippen LogP contribution >= 0.6 is 11.6 Å². The molecule has 0 bridgehead atoms. The first kappa shape index (κ1) is 23.9. The van der Waals surface area contributed by atoms with Crippen LogP contribution in [0.4, 0.5) is 11.4 Å². The lowest BCUT2D eigenvalue weighted by molar-refractivity contribution is 0.878. The molecule has 5 aromatic rings. The minimum Gasteiger partial charge on any atom is -0.341 e. The number of rotatable bonds is 5. The lowest BCUT2D eigenvalue weighted by Gasteiger charge is -2.35. The van der Waals surface area contributed by atoms with Crippen molar-refractivity contribution in [3.05, 3.63) is 132 Å². The molecule has 3 aromatic carbocycles. The van der Waals surface area contributed by atoms with Gasteiger partial charge in [0.25, 0.3) is 0 Å². The van der Waals surface area contributed by atoms with Crippen LogP contribution in [0.25, 0.3) is 27.6 Å². The molecule has 0 saturated carbocycles. The van der Waals surface area contributed by atoms with Gasteiger partial charge in [-0.3, -0.25) is 19.9 Å². The van der Waals surface area contributed by atoms with E-state index in [1.54, 1.807) is 12.4 Å². The number of hydrogen-bond acceptors (Lipinski definition) is 5. The number of aryl methyl sites for hydroxylation is 3. The summed E-state index contributed by atoms with van der Waals surface area (Å²) in [6.07, 6.45) is 8.79. The van der Waals surface area contributed by atoms with Crippen molar-refractivity contribution in [3.8, 4) is 11.1 Å². The van der Waals surface area contributed by atoms with Crippen LogP contribution in [-0.2, 0) is 12.8 Å². The Morgan fingerprint density at radius 2 is 1.76 bits per heavy atom. The van der Waals surface area contributed by atoms with Crippen LogP contribution in [-0.4, -0.2) is 15.0 Å². The first-order chi connectivity index (χ1) is 18.5. The van der Waals surface area contributed by atoms with Crippen molar-refractivity contribution in [2.45, 2.75) is 19.8 Å². The smallest absolute Gasteiger partial charge is 0.108 e. The number of nitrogens with zero attached hydrogens (tertiary/aromatic N) is 4. The summed E-state index contributed by atoms with van der Waals surface area (Å²) in [6, 6.07) is 20.6. The van der Waals surface area contributed by atoms with Crippen LogP contribution in [0.5, 0.6) is 0 Å². The second-order valence-corrected chi connectivity index (χ2v) is 9.76. The Balaban J connectivity index is 1.36. The maximum Gasteiger partial charge on any atom is 0.108 e. The number of fused-ring (bicyclic) bond motifs is 2.